The number of aryl methyl sites for hydroxylation is 1. The molecule has 0 saturated heterocycles. The minimum absolute atomic E-state index is 0.0716. The summed E-state index contributed by atoms with van der Waals surface area (Å²) in [5.74, 6) is -0.186. The fourth-order valence-corrected chi connectivity index (χ4v) is 2.53. The minimum Gasteiger partial charge on any atom is -0.326 e. The molecule has 0 aromatic heterocycles. The van der Waals surface area contributed by atoms with E-state index in [1.165, 1.54) is 6.92 Å². The van der Waals surface area contributed by atoms with E-state index in [1.807, 2.05) is 37.3 Å². The summed E-state index contributed by atoms with van der Waals surface area (Å²) in [6, 6.07) is 13.0. The van der Waals surface area contributed by atoms with Gasteiger partial charge in [-0.3, -0.25) is 9.59 Å². The van der Waals surface area contributed by atoms with Crippen LogP contribution in [0.3, 0.4) is 0 Å². The maximum atomic E-state index is 12.1. The Bertz CT molecular complexity index is 696. The molecule has 0 fully saturated rings. The highest BCUT2D eigenvalue weighted by molar-refractivity contribution is 9.10. The molecule has 0 spiro atoms. The van der Waals surface area contributed by atoms with Crippen molar-refractivity contribution in [2.24, 2.45) is 0 Å². The number of rotatable bonds is 4. The smallest absolute Gasteiger partial charge is 0.228 e. The zero-order chi connectivity index (χ0) is 16.1. The number of benzene rings is 2. The van der Waals surface area contributed by atoms with E-state index in [1.54, 1.807) is 12.1 Å². The van der Waals surface area contributed by atoms with Crippen molar-refractivity contribution >= 4 is 39.1 Å². The number of carbonyl (C=O) groups excluding carboxylic acids is 2. The normalized spacial score (nSPS) is 10.1. The topological polar surface area (TPSA) is 58.2 Å². The summed E-state index contributed by atoms with van der Waals surface area (Å²) >= 11 is 3.40. The fourth-order valence-electron chi connectivity index (χ4n) is 2.06. The number of hydrogen-bond acceptors (Lipinski definition) is 2. The van der Waals surface area contributed by atoms with E-state index < -0.39 is 0 Å². The Morgan fingerprint density at radius 3 is 2.32 bits per heavy atom. The first-order valence-electron chi connectivity index (χ1n) is 6.86. The summed E-state index contributed by atoms with van der Waals surface area (Å²) in [6.45, 7) is 3.41. The Hall–Kier alpha value is -2.14. The van der Waals surface area contributed by atoms with Crippen molar-refractivity contribution in [3.63, 3.8) is 0 Å². The number of carbonyl (C=O) groups is 2. The number of anilines is 2. The standard InChI is InChI=1S/C17H17BrN2O2/c1-11-9-14(18)5-8-16(11)20-17(22)10-13-3-6-15(7-4-13)19-12(2)21/h3-9H,10H2,1-2H3,(H,19,21)(H,20,22). The van der Waals surface area contributed by atoms with Gasteiger partial charge in [0.15, 0.2) is 0 Å². The van der Waals surface area contributed by atoms with Crippen LogP contribution in [0.5, 0.6) is 0 Å². The van der Waals surface area contributed by atoms with Gasteiger partial charge in [-0.05, 0) is 48.4 Å². The molecule has 0 unspecified atom stereocenters. The third kappa shape index (κ3) is 4.70. The van der Waals surface area contributed by atoms with Crippen molar-refractivity contribution in [1.82, 2.24) is 0 Å². The average Bonchev–Trinajstić information content (AvgIpc) is 2.43. The van der Waals surface area contributed by atoms with Crippen LogP contribution in [0, 0.1) is 6.92 Å². The molecular formula is C17H17BrN2O2. The van der Waals surface area contributed by atoms with Crippen molar-refractivity contribution in [3.05, 3.63) is 58.1 Å². The molecule has 2 aromatic carbocycles. The van der Waals surface area contributed by atoms with Gasteiger partial charge in [-0.1, -0.05) is 28.1 Å². The van der Waals surface area contributed by atoms with Gasteiger partial charge in [-0.2, -0.15) is 0 Å². The van der Waals surface area contributed by atoms with Crippen LogP contribution in [0.1, 0.15) is 18.1 Å². The Morgan fingerprint density at radius 2 is 1.73 bits per heavy atom. The highest BCUT2D eigenvalue weighted by atomic mass is 79.9. The molecule has 5 heteroatoms. The van der Waals surface area contributed by atoms with Gasteiger partial charge in [-0.25, -0.2) is 0 Å². The molecule has 4 nitrogen and oxygen atoms in total. The number of amides is 2. The largest absolute Gasteiger partial charge is 0.326 e. The van der Waals surface area contributed by atoms with Crippen LogP contribution >= 0.6 is 15.9 Å². The summed E-state index contributed by atoms with van der Waals surface area (Å²) in [7, 11) is 0. The molecule has 2 N–H and O–H groups in total. The van der Waals surface area contributed by atoms with Crippen LogP contribution in [0.15, 0.2) is 46.9 Å². The maximum Gasteiger partial charge on any atom is 0.228 e. The average molecular weight is 361 g/mol. The molecule has 22 heavy (non-hydrogen) atoms. The molecule has 0 radical (unpaired) electrons. The molecular weight excluding hydrogens is 344 g/mol. The number of hydrogen-bond donors (Lipinski definition) is 2. The fraction of sp³-hybridized carbons (Fsp3) is 0.176. The van der Waals surface area contributed by atoms with Crippen molar-refractivity contribution in [3.8, 4) is 0 Å². The Morgan fingerprint density at radius 1 is 1.05 bits per heavy atom. The molecule has 0 saturated carbocycles. The van der Waals surface area contributed by atoms with E-state index in [2.05, 4.69) is 26.6 Å². The Balaban J connectivity index is 1.98. The van der Waals surface area contributed by atoms with Crippen LogP contribution in [0.2, 0.25) is 0 Å². The molecule has 2 amide bonds. The second-order valence-corrected chi connectivity index (χ2v) is 5.98. The van der Waals surface area contributed by atoms with Gasteiger partial charge >= 0.3 is 0 Å². The lowest BCUT2D eigenvalue weighted by molar-refractivity contribution is -0.116. The lowest BCUT2D eigenvalue weighted by atomic mass is 10.1. The summed E-state index contributed by atoms with van der Waals surface area (Å²) < 4.78 is 0.983. The first kappa shape index (κ1) is 16.2. The summed E-state index contributed by atoms with van der Waals surface area (Å²) in [4.78, 5) is 23.0. The van der Waals surface area contributed by atoms with Crippen molar-refractivity contribution in [2.45, 2.75) is 20.3 Å². The third-order valence-electron chi connectivity index (χ3n) is 3.10. The minimum atomic E-state index is -0.115. The van der Waals surface area contributed by atoms with E-state index >= 15 is 0 Å². The van der Waals surface area contributed by atoms with Gasteiger partial charge in [0.25, 0.3) is 0 Å². The van der Waals surface area contributed by atoms with Crippen LogP contribution in [0.4, 0.5) is 11.4 Å². The van der Waals surface area contributed by atoms with Gasteiger partial charge in [0.2, 0.25) is 11.8 Å². The van der Waals surface area contributed by atoms with E-state index in [9.17, 15) is 9.59 Å². The second-order valence-electron chi connectivity index (χ2n) is 5.06. The predicted octanol–water partition coefficient (Wildman–Crippen LogP) is 3.90. The highest BCUT2D eigenvalue weighted by Gasteiger charge is 2.06. The van der Waals surface area contributed by atoms with Gasteiger partial charge in [0, 0.05) is 22.8 Å². The van der Waals surface area contributed by atoms with E-state index in [-0.39, 0.29) is 18.2 Å². The summed E-state index contributed by atoms with van der Waals surface area (Å²) in [6.07, 6.45) is 0.288. The van der Waals surface area contributed by atoms with Crippen LogP contribution in [0.25, 0.3) is 0 Å². The monoisotopic (exact) mass is 360 g/mol. The van der Waals surface area contributed by atoms with E-state index in [0.717, 1.165) is 27.0 Å². The first-order chi connectivity index (χ1) is 10.4. The van der Waals surface area contributed by atoms with Crippen molar-refractivity contribution < 1.29 is 9.59 Å². The molecule has 0 aliphatic carbocycles. The zero-order valence-corrected chi connectivity index (χ0v) is 14.0. The molecule has 2 rings (SSSR count). The third-order valence-corrected chi connectivity index (χ3v) is 3.59. The zero-order valence-electron chi connectivity index (χ0n) is 12.4. The molecule has 0 aliphatic rings. The van der Waals surface area contributed by atoms with Crippen LogP contribution in [-0.2, 0) is 16.0 Å². The summed E-state index contributed by atoms with van der Waals surface area (Å²) in [5.41, 5.74) is 3.42. The van der Waals surface area contributed by atoms with Gasteiger partial charge in [0.1, 0.15) is 0 Å². The van der Waals surface area contributed by atoms with Gasteiger partial charge in [-0.15, -0.1) is 0 Å². The van der Waals surface area contributed by atoms with Gasteiger partial charge in [0.05, 0.1) is 6.42 Å². The first-order valence-corrected chi connectivity index (χ1v) is 7.66. The molecule has 0 aliphatic heterocycles. The van der Waals surface area contributed by atoms with Crippen molar-refractivity contribution in [2.75, 3.05) is 10.6 Å². The van der Waals surface area contributed by atoms with E-state index in [0.29, 0.717) is 0 Å². The molecule has 0 atom stereocenters. The van der Waals surface area contributed by atoms with Gasteiger partial charge < -0.3 is 10.6 Å². The molecule has 0 bridgehead atoms. The van der Waals surface area contributed by atoms with E-state index in [4.69, 9.17) is 0 Å². The molecule has 2 aromatic rings. The lowest BCUT2D eigenvalue weighted by Crippen LogP contribution is -2.15. The van der Waals surface area contributed by atoms with Crippen LogP contribution in [-0.4, -0.2) is 11.8 Å². The van der Waals surface area contributed by atoms with Crippen LogP contribution < -0.4 is 10.6 Å². The predicted molar refractivity (Wildman–Crippen MR) is 92.0 cm³/mol. The maximum absolute atomic E-state index is 12.1. The lowest BCUT2D eigenvalue weighted by Gasteiger charge is -2.09. The van der Waals surface area contributed by atoms with Crippen molar-refractivity contribution in [1.29, 1.82) is 0 Å². The molecule has 0 heterocycles. The molecule has 114 valence electrons. The Kier molecular flexibility index (Phi) is 5.33. The number of halogens is 1. The quantitative estimate of drug-likeness (QED) is 0.868. The highest BCUT2D eigenvalue weighted by Crippen LogP contribution is 2.20. The second kappa shape index (κ2) is 7.22. The Labute approximate surface area is 138 Å². The summed E-state index contributed by atoms with van der Waals surface area (Å²) in [5, 5.41) is 5.60. The SMILES string of the molecule is CC(=O)Nc1ccc(CC(=O)Nc2ccc(Br)cc2C)cc1. The number of nitrogens with one attached hydrogen (secondary N) is 2.